The smallest absolute Gasteiger partial charge is 0.321 e. The zero-order valence-corrected chi connectivity index (χ0v) is 12.1. The number of carbonyl (C=O) groups is 2. The predicted molar refractivity (Wildman–Crippen MR) is 77.0 cm³/mol. The van der Waals surface area contributed by atoms with Crippen LogP contribution in [0, 0.1) is 11.7 Å². The SMILES string of the molecule is CN1CCC(C(=O)NC(=O)NCc2ccc(F)cc2)CC1. The molecule has 1 fully saturated rings. The molecule has 3 amide bonds. The van der Waals surface area contributed by atoms with Crippen LogP contribution in [0.1, 0.15) is 18.4 Å². The quantitative estimate of drug-likeness (QED) is 0.887. The van der Waals surface area contributed by atoms with E-state index >= 15 is 0 Å². The first-order valence-corrected chi connectivity index (χ1v) is 7.06. The minimum atomic E-state index is -0.511. The van der Waals surface area contributed by atoms with Crippen molar-refractivity contribution in [1.29, 1.82) is 0 Å². The second kappa shape index (κ2) is 7.17. The number of nitrogens with one attached hydrogen (secondary N) is 2. The van der Waals surface area contributed by atoms with Crippen molar-refractivity contribution >= 4 is 11.9 Å². The number of rotatable bonds is 3. The van der Waals surface area contributed by atoms with Crippen molar-refractivity contribution in [3.63, 3.8) is 0 Å². The number of imide groups is 1. The monoisotopic (exact) mass is 293 g/mol. The largest absolute Gasteiger partial charge is 0.334 e. The highest BCUT2D eigenvalue weighted by Gasteiger charge is 2.24. The summed E-state index contributed by atoms with van der Waals surface area (Å²) < 4.78 is 12.7. The molecule has 1 saturated heterocycles. The Morgan fingerprint density at radius 1 is 1.24 bits per heavy atom. The lowest BCUT2D eigenvalue weighted by Crippen LogP contribution is -2.44. The van der Waals surface area contributed by atoms with Gasteiger partial charge in [-0.2, -0.15) is 0 Å². The van der Waals surface area contributed by atoms with Crippen LogP contribution in [0.5, 0.6) is 0 Å². The first-order chi connectivity index (χ1) is 10.0. The van der Waals surface area contributed by atoms with Crippen molar-refractivity contribution in [2.24, 2.45) is 5.92 Å². The summed E-state index contributed by atoms with van der Waals surface area (Å²) in [5, 5.41) is 4.96. The third-order valence-corrected chi connectivity index (χ3v) is 3.69. The number of amides is 3. The number of carbonyl (C=O) groups excluding carboxylic acids is 2. The molecular weight excluding hydrogens is 273 g/mol. The lowest BCUT2D eigenvalue weighted by Gasteiger charge is -2.27. The lowest BCUT2D eigenvalue weighted by molar-refractivity contribution is -0.125. The van der Waals surface area contributed by atoms with E-state index in [2.05, 4.69) is 15.5 Å². The number of hydrogen-bond donors (Lipinski definition) is 2. The normalized spacial score (nSPS) is 16.5. The van der Waals surface area contributed by atoms with Crippen molar-refractivity contribution in [3.8, 4) is 0 Å². The molecule has 0 radical (unpaired) electrons. The average Bonchev–Trinajstić information content (AvgIpc) is 2.47. The van der Waals surface area contributed by atoms with E-state index in [0.717, 1.165) is 31.5 Å². The molecule has 0 aromatic heterocycles. The molecule has 1 aromatic carbocycles. The Balaban J connectivity index is 1.74. The Morgan fingerprint density at radius 2 is 1.86 bits per heavy atom. The second-order valence-corrected chi connectivity index (χ2v) is 5.38. The molecule has 5 nitrogen and oxygen atoms in total. The minimum absolute atomic E-state index is 0.0993. The van der Waals surface area contributed by atoms with E-state index in [9.17, 15) is 14.0 Å². The van der Waals surface area contributed by atoms with Gasteiger partial charge in [-0.25, -0.2) is 9.18 Å². The Morgan fingerprint density at radius 3 is 2.48 bits per heavy atom. The third kappa shape index (κ3) is 4.82. The van der Waals surface area contributed by atoms with Crippen molar-refractivity contribution in [1.82, 2.24) is 15.5 Å². The maximum Gasteiger partial charge on any atom is 0.321 e. The van der Waals surface area contributed by atoms with E-state index < -0.39 is 6.03 Å². The van der Waals surface area contributed by atoms with E-state index in [-0.39, 0.29) is 24.2 Å². The van der Waals surface area contributed by atoms with Gasteiger partial charge in [0.15, 0.2) is 0 Å². The Labute approximate surface area is 123 Å². The summed E-state index contributed by atoms with van der Waals surface area (Å²) >= 11 is 0. The number of piperidine rings is 1. The molecule has 2 rings (SSSR count). The van der Waals surface area contributed by atoms with E-state index in [4.69, 9.17) is 0 Å². The second-order valence-electron chi connectivity index (χ2n) is 5.38. The van der Waals surface area contributed by atoms with E-state index in [1.54, 1.807) is 12.1 Å². The first kappa shape index (κ1) is 15.4. The number of halogens is 1. The van der Waals surface area contributed by atoms with Crippen molar-refractivity contribution in [2.75, 3.05) is 20.1 Å². The number of hydrogen-bond acceptors (Lipinski definition) is 3. The lowest BCUT2D eigenvalue weighted by atomic mass is 9.96. The van der Waals surface area contributed by atoms with Gasteiger partial charge in [0.05, 0.1) is 0 Å². The van der Waals surface area contributed by atoms with Gasteiger partial charge in [-0.15, -0.1) is 0 Å². The van der Waals surface area contributed by atoms with Gasteiger partial charge >= 0.3 is 6.03 Å². The van der Waals surface area contributed by atoms with Crippen LogP contribution in [0.2, 0.25) is 0 Å². The fraction of sp³-hybridized carbons (Fsp3) is 0.467. The molecule has 0 unspecified atom stereocenters. The molecular formula is C15H20FN3O2. The van der Waals surface area contributed by atoms with Gasteiger partial charge in [-0.1, -0.05) is 12.1 Å². The molecule has 2 N–H and O–H groups in total. The standard InChI is InChI=1S/C15H20FN3O2/c1-19-8-6-12(7-9-19)14(20)18-15(21)17-10-11-2-4-13(16)5-3-11/h2-5,12H,6-10H2,1H3,(H2,17,18,20,21). The molecule has 0 atom stereocenters. The van der Waals surface area contributed by atoms with E-state index in [1.807, 2.05) is 7.05 Å². The molecule has 1 aromatic rings. The predicted octanol–water partition coefficient (Wildman–Crippen LogP) is 1.49. The maximum atomic E-state index is 12.7. The average molecular weight is 293 g/mol. The summed E-state index contributed by atoms with van der Waals surface area (Å²) in [6.45, 7) is 2.00. The van der Waals surface area contributed by atoms with Crippen LogP contribution in [0.15, 0.2) is 24.3 Å². The molecule has 0 saturated carbocycles. The fourth-order valence-corrected chi connectivity index (χ4v) is 2.31. The highest BCUT2D eigenvalue weighted by Crippen LogP contribution is 2.15. The molecule has 0 bridgehead atoms. The van der Waals surface area contributed by atoms with Crippen LogP contribution in [-0.2, 0) is 11.3 Å². The Bertz CT molecular complexity index is 496. The first-order valence-electron chi connectivity index (χ1n) is 7.06. The van der Waals surface area contributed by atoms with Crippen LogP contribution >= 0.6 is 0 Å². The van der Waals surface area contributed by atoms with Crippen LogP contribution in [0.4, 0.5) is 9.18 Å². The fourth-order valence-electron chi connectivity index (χ4n) is 2.31. The van der Waals surface area contributed by atoms with Crippen LogP contribution in [-0.4, -0.2) is 37.0 Å². The Hall–Kier alpha value is -1.95. The minimum Gasteiger partial charge on any atom is -0.334 e. The van der Waals surface area contributed by atoms with Crippen molar-refractivity contribution < 1.29 is 14.0 Å². The third-order valence-electron chi connectivity index (χ3n) is 3.69. The summed E-state index contributed by atoms with van der Waals surface area (Å²) in [5.41, 5.74) is 0.776. The van der Waals surface area contributed by atoms with Gasteiger partial charge in [0, 0.05) is 12.5 Å². The topological polar surface area (TPSA) is 61.4 Å². The highest BCUT2D eigenvalue weighted by atomic mass is 19.1. The summed E-state index contributed by atoms with van der Waals surface area (Å²) in [7, 11) is 2.02. The zero-order valence-electron chi connectivity index (χ0n) is 12.1. The van der Waals surface area contributed by atoms with Crippen molar-refractivity contribution in [2.45, 2.75) is 19.4 Å². The van der Waals surface area contributed by atoms with Gasteiger partial charge in [-0.3, -0.25) is 10.1 Å². The van der Waals surface area contributed by atoms with E-state index in [1.165, 1.54) is 12.1 Å². The Kier molecular flexibility index (Phi) is 5.27. The van der Waals surface area contributed by atoms with Gasteiger partial charge in [-0.05, 0) is 50.7 Å². The summed E-state index contributed by atoms with van der Waals surface area (Å²) in [6.07, 6.45) is 1.54. The molecule has 114 valence electrons. The number of likely N-dealkylation sites (tertiary alicyclic amines) is 1. The molecule has 1 heterocycles. The van der Waals surface area contributed by atoms with Gasteiger partial charge in [0.2, 0.25) is 5.91 Å². The van der Waals surface area contributed by atoms with Gasteiger partial charge in [0.25, 0.3) is 0 Å². The molecule has 0 aliphatic carbocycles. The van der Waals surface area contributed by atoms with Gasteiger partial charge in [0.1, 0.15) is 5.82 Å². The van der Waals surface area contributed by atoms with E-state index in [0.29, 0.717) is 0 Å². The maximum absolute atomic E-state index is 12.7. The highest BCUT2D eigenvalue weighted by molar-refractivity contribution is 5.95. The van der Waals surface area contributed by atoms with Crippen molar-refractivity contribution in [3.05, 3.63) is 35.6 Å². The summed E-state index contributed by atoms with van der Waals surface area (Å²) in [4.78, 5) is 25.8. The molecule has 1 aliphatic rings. The molecule has 1 aliphatic heterocycles. The summed E-state index contributed by atoms with van der Waals surface area (Å²) in [6, 6.07) is 5.34. The summed E-state index contributed by atoms with van der Waals surface area (Å²) in [5.74, 6) is -0.641. The number of benzene rings is 1. The van der Waals surface area contributed by atoms with Gasteiger partial charge < -0.3 is 10.2 Å². The molecule has 0 spiro atoms. The number of urea groups is 1. The van der Waals surface area contributed by atoms with Crippen LogP contribution < -0.4 is 10.6 Å². The van der Waals surface area contributed by atoms with Crippen LogP contribution in [0.3, 0.4) is 0 Å². The number of nitrogens with zero attached hydrogens (tertiary/aromatic N) is 1. The molecule has 6 heteroatoms. The zero-order chi connectivity index (χ0) is 15.2. The molecule has 21 heavy (non-hydrogen) atoms. The van der Waals surface area contributed by atoms with Crippen LogP contribution in [0.25, 0.3) is 0 Å².